The minimum Gasteiger partial charge on any atom is -0.354 e. The van der Waals surface area contributed by atoms with E-state index in [1.165, 1.54) is 11.1 Å². The van der Waals surface area contributed by atoms with Crippen molar-refractivity contribution in [1.82, 2.24) is 9.88 Å². The highest BCUT2D eigenvalue weighted by molar-refractivity contribution is 5.30. The Morgan fingerprint density at radius 2 is 2.16 bits per heavy atom. The van der Waals surface area contributed by atoms with E-state index in [4.69, 9.17) is 0 Å². The second-order valence-corrected chi connectivity index (χ2v) is 5.20. The lowest BCUT2D eigenvalue weighted by Crippen LogP contribution is -2.23. The van der Waals surface area contributed by atoms with Crippen LogP contribution in [0.25, 0.3) is 0 Å². The smallest absolute Gasteiger partial charge is 0.354 e. The van der Waals surface area contributed by atoms with E-state index in [1.807, 2.05) is 17.0 Å². The van der Waals surface area contributed by atoms with Gasteiger partial charge in [0.2, 0.25) is 0 Å². The van der Waals surface area contributed by atoms with E-state index < -0.39 is 12.6 Å². The average Bonchev–Trinajstić information content (AvgIpc) is 2.71. The van der Waals surface area contributed by atoms with Gasteiger partial charge in [0, 0.05) is 31.4 Å². The quantitative estimate of drug-likeness (QED) is 0.863. The van der Waals surface area contributed by atoms with Crippen LogP contribution < -0.4 is 5.32 Å². The van der Waals surface area contributed by atoms with Gasteiger partial charge in [-0.15, -0.1) is 0 Å². The molecule has 1 unspecified atom stereocenters. The molecule has 0 aliphatic heterocycles. The number of hydrogen-bond donors (Lipinski definition) is 1. The lowest BCUT2D eigenvalue weighted by Gasteiger charge is -2.22. The molecular weight excluding hydrogens is 253 g/mol. The molecule has 1 aromatic rings. The lowest BCUT2D eigenvalue weighted by atomic mass is 9.91. The van der Waals surface area contributed by atoms with E-state index in [2.05, 4.69) is 12.2 Å². The van der Waals surface area contributed by atoms with Gasteiger partial charge in [0.1, 0.15) is 0 Å². The third-order valence-corrected chi connectivity index (χ3v) is 3.64. The van der Waals surface area contributed by atoms with Gasteiger partial charge in [-0.3, -0.25) is 0 Å². The van der Waals surface area contributed by atoms with Crippen molar-refractivity contribution in [3.05, 3.63) is 23.5 Å². The molecule has 0 saturated carbocycles. The number of nitrogens with one attached hydrogen (secondary N) is 1. The number of halogens is 3. The van der Waals surface area contributed by atoms with Crippen LogP contribution in [0.3, 0.4) is 0 Å². The molecule has 1 aliphatic rings. The second-order valence-electron chi connectivity index (χ2n) is 5.20. The summed E-state index contributed by atoms with van der Waals surface area (Å²) in [5.74, 6) is 0. The fourth-order valence-electron chi connectivity index (χ4n) is 2.80. The van der Waals surface area contributed by atoms with Gasteiger partial charge in [0.15, 0.2) is 0 Å². The first-order chi connectivity index (χ1) is 8.99. The summed E-state index contributed by atoms with van der Waals surface area (Å²) >= 11 is 0. The van der Waals surface area contributed by atoms with Gasteiger partial charge in [-0.1, -0.05) is 6.92 Å². The molecular formula is C14H21F3N2. The molecule has 0 fully saturated rings. The van der Waals surface area contributed by atoms with Crippen LogP contribution in [0.1, 0.15) is 49.8 Å². The van der Waals surface area contributed by atoms with Gasteiger partial charge in [-0.2, -0.15) is 13.2 Å². The third-order valence-electron chi connectivity index (χ3n) is 3.64. The topological polar surface area (TPSA) is 17.0 Å². The Morgan fingerprint density at radius 3 is 2.84 bits per heavy atom. The van der Waals surface area contributed by atoms with Crippen LogP contribution in [0, 0.1) is 0 Å². The van der Waals surface area contributed by atoms with E-state index in [1.54, 1.807) is 0 Å². The largest absolute Gasteiger partial charge is 0.389 e. The monoisotopic (exact) mass is 274 g/mol. The van der Waals surface area contributed by atoms with Crippen molar-refractivity contribution >= 4 is 0 Å². The predicted molar refractivity (Wildman–Crippen MR) is 69.1 cm³/mol. The molecule has 1 aromatic heterocycles. The molecule has 2 nitrogen and oxygen atoms in total. The van der Waals surface area contributed by atoms with Gasteiger partial charge in [0.25, 0.3) is 0 Å². The number of fused-ring (bicyclic) bond motifs is 1. The maximum Gasteiger partial charge on any atom is 0.389 e. The lowest BCUT2D eigenvalue weighted by molar-refractivity contribution is -0.135. The molecule has 0 aromatic carbocycles. The van der Waals surface area contributed by atoms with Crippen molar-refractivity contribution in [3.63, 3.8) is 0 Å². The summed E-state index contributed by atoms with van der Waals surface area (Å²) in [6.07, 6.45) is 2.77. The maximum atomic E-state index is 12.1. The van der Waals surface area contributed by atoms with E-state index in [0.29, 0.717) is 12.6 Å². The van der Waals surface area contributed by atoms with Crippen LogP contribution in [0.5, 0.6) is 0 Å². The average molecular weight is 274 g/mol. The molecule has 1 atom stereocenters. The van der Waals surface area contributed by atoms with Crippen molar-refractivity contribution in [3.8, 4) is 0 Å². The number of hydrogen-bond acceptors (Lipinski definition) is 1. The van der Waals surface area contributed by atoms with Crippen molar-refractivity contribution in [2.45, 2.75) is 57.8 Å². The summed E-state index contributed by atoms with van der Waals surface area (Å²) in [6, 6.07) is 0.373. The van der Waals surface area contributed by atoms with Crippen molar-refractivity contribution < 1.29 is 13.2 Å². The van der Waals surface area contributed by atoms with Crippen LogP contribution in [-0.4, -0.2) is 17.3 Å². The Hall–Kier alpha value is -0.970. The number of nitrogens with zero attached hydrogens (tertiary/aromatic N) is 1. The van der Waals surface area contributed by atoms with E-state index in [9.17, 15) is 13.2 Å². The molecule has 19 heavy (non-hydrogen) atoms. The van der Waals surface area contributed by atoms with E-state index in [0.717, 1.165) is 25.8 Å². The van der Waals surface area contributed by atoms with Crippen molar-refractivity contribution in [1.29, 1.82) is 0 Å². The van der Waals surface area contributed by atoms with E-state index in [-0.39, 0.29) is 6.42 Å². The zero-order chi connectivity index (χ0) is 13.9. The molecule has 0 bridgehead atoms. The van der Waals surface area contributed by atoms with Crippen LogP contribution >= 0.6 is 0 Å². The first-order valence-corrected chi connectivity index (χ1v) is 6.98. The number of alkyl halides is 3. The highest BCUT2D eigenvalue weighted by Gasteiger charge is 2.26. The molecule has 1 heterocycles. The molecule has 1 aliphatic carbocycles. The Morgan fingerprint density at radius 1 is 1.37 bits per heavy atom. The Kier molecular flexibility index (Phi) is 4.55. The first kappa shape index (κ1) is 14.4. The number of rotatable bonds is 5. The Balaban J connectivity index is 1.97. The van der Waals surface area contributed by atoms with E-state index >= 15 is 0 Å². The standard InChI is InChI=1S/C14H21F3N2/c1-2-18-13-6-3-5-11-9-19(10-12(11)13)8-4-7-14(15,16)17/h9-10,13,18H,2-8H2,1H3. The Labute approximate surface area is 112 Å². The van der Waals surface area contributed by atoms with Gasteiger partial charge in [0.05, 0.1) is 0 Å². The maximum absolute atomic E-state index is 12.1. The highest BCUT2D eigenvalue weighted by atomic mass is 19.4. The fraction of sp³-hybridized carbons (Fsp3) is 0.714. The third kappa shape index (κ3) is 4.00. The van der Waals surface area contributed by atoms with Crippen LogP contribution in [0.4, 0.5) is 13.2 Å². The second kappa shape index (κ2) is 5.99. The molecule has 1 N–H and O–H groups in total. The molecule has 0 saturated heterocycles. The minimum absolute atomic E-state index is 0.156. The SMILES string of the molecule is CCNC1CCCc2cn(CCCC(F)(F)F)cc21. The van der Waals surface area contributed by atoms with Gasteiger partial charge < -0.3 is 9.88 Å². The van der Waals surface area contributed by atoms with Crippen LogP contribution in [0.15, 0.2) is 12.4 Å². The molecule has 2 rings (SSSR count). The predicted octanol–water partition coefficient (Wildman–Crippen LogP) is 3.82. The summed E-state index contributed by atoms with van der Waals surface area (Å²) in [6.45, 7) is 3.45. The zero-order valence-electron chi connectivity index (χ0n) is 11.3. The van der Waals surface area contributed by atoms with Gasteiger partial charge in [-0.05, 0) is 43.4 Å². The van der Waals surface area contributed by atoms with Crippen molar-refractivity contribution in [2.24, 2.45) is 0 Å². The summed E-state index contributed by atoms with van der Waals surface area (Å²) in [7, 11) is 0. The minimum atomic E-state index is -4.04. The van der Waals surface area contributed by atoms with Crippen LogP contribution in [0.2, 0.25) is 0 Å². The molecule has 5 heteroatoms. The summed E-state index contributed by atoms with van der Waals surface area (Å²) in [5.41, 5.74) is 2.57. The summed E-state index contributed by atoms with van der Waals surface area (Å²) in [5, 5.41) is 3.44. The molecule has 0 radical (unpaired) electrons. The number of aryl methyl sites for hydroxylation is 2. The molecule has 0 amide bonds. The zero-order valence-corrected chi connectivity index (χ0v) is 11.3. The van der Waals surface area contributed by atoms with Gasteiger partial charge >= 0.3 is 6.18 Å². The number of aromatic nitrogens is 1. The fourth-order valence-corrected chi connectivity index (χ4v) is 2.80. The highest BCUT2D eigenvalue weighted by Crippen LogP contribution is 2.30. The van der Waals surface area contributed by atoms with Gasteiger partial charge in [-0.25, -0.2) is 0 Å². The van der Waals surface area contributed by atoms with Crippen molar-refractivity contribution in [2.75, 3.05) is 6.54 Å². The van der Waals surface area contributed by atoms with Crippen LogP contribution in [-0.2, 0) is 13.0 Å². The summed E-state index contributed by atoms with van der Waals surface area (Å²) in [4.78, 5) is 0. The normalized spacial score (nSPS) is 19.5. The molecule has 0 spiro atoms. The summed E-state index contributed by atoms with van der Waals surface area (Å²) < 4.78 is 38.3. The molecule has 108 valence electrons. The first-order valence-electron chi connectivity index (χ1n) is 6.98. The Bertz CT molecular complexity index is 409.